The Balaban J connectivity index is 1.87. The minimum Gasteiger partial charge on any atom is -0.393 e. The zero-order valence-electron chi connectivity index (χ0n) is 11.9. The van der Waals surface area contributed by atoms with Crippen LogP contribution in [0.1, 0.15) is 46.5 Å². The largest absolute Gasteiger partial charge is 0.393 e. The topological polar surface area (TPSA) is 23.5 Å². The molecule has 0 aromatic rings. The summed E-state index contributed by atoms with van der Waals surface area (Å²) < 4.78 is 0. The molecule has 2 saturated carbocycles. The first-order chi connectivity index (χ1) is 7.99. The van der Waals surface area contributed by atoms with Gasteiger partial charge in [0, 0.05) is 18.5 Å². The zero-order valence-corrected chi connectivity index (χ0v) is 11.9. The minimum atomic E-state index is -0.0809. The van der Waals surface area contributed by atoms with E-state index in [-0.39, 0.29) is 6.10 Å². The van der Waals surface area contributed by atoms with Gasteiger partial charge < -0.3 is 10.0 Å². The molecule has 2 nitrogen and oxygen atoms in total. The van der Waals surface area contributed by atoms with Crippen molar-refractivity contribution in [2.75, 3.05) is 13.6 Å². The Labute approximate surface area is 106 Å². The second kappa shape index (κ2) is 5.27. The van der Waals surface area contributed by atoms with Crippen molar-refractivity contribution in [2.24, 2.45) is 23.7 Å². The van der Waals surface area contributed by atoms with Gasteiger partial charge in [-0.25, -0.2) is 0 Å². The van der Waals surface area contributed by atoms with Gasteiger partial charge in [0.1, 0.15) is 0 Å². The molecule has 100 valence electrons. The highest BCUT2D eigenvalue weighted by atomic mass is 16.3. The maximum Gasteiger partial charge on any atom is 0.0585 e. The van der Waals surface area contributed by atoms with Crippen LogP contribution in [0.5, 0.6) is 0 Å². The fourth-order valence-electron chi connectivity index (χ4n) is 3.61. The first kappa shape index (κ1) is 13.4. The lowest BCUT2D eigenvalue weighted by Crippen LogP contribution is -2.44. The van der Waals surface area contributed by atoms with E-state index in [1.54, 1.807) is 0 Å². The van der Waals surface area contributed by atoms with E-state index < -0.39 is 0 Å². The van der Waals surface area contributed by atoms with Crippen LogP contribution < -0.4 is 0 Å². The van der Waals surface area contributed by atoms with E-state index in [0.717, 1.165) is 18.9 Å². The summed E-state index contributed by atoms with van der Waals surface area (Å²) >= 11 is 0. The van der Waals surface area contributed by atoms with Crippen molar-refractivity contribution in [3.8, 4) is 0 Å². The molecule has 17 heavy (non-hydrogen) atoms. The van der Waals surface area contributed by atoms with Crippen LogP contribution in [0.2, 0.25) is 0 Å². The molecule has 2 fully saturated rings. The van der Waals surface area contributed by atoms with Crippen molar-refractivity contribution in [1.29, 1.82) is 0 Å². The van der Waals surface area contributed by atoms with Crippen LogP contribution in [-0.4, -0.2) is 35.7 Å². The summed E-state index contributed by atoms with van der Waals surface area (Å²) in [5.74, 6) is 2.78. The monoisotopic (exact) mass is 239 g/mol. The third-order valence-electron chi connectivity index (χ3n) is 5.14. The smallest absolute Gasteiger partial charge is 0.0585 e. The first-order valence-electron chi connectivity index (χ1n) is 7.37. The lowest BCUT2D eigenvalue weighted by molar-refractivity contribution is -0.00441. The number of rotatable bonds is 4. The standard InChI is InChI=1S/C15H29NO/c1-10-7-11(2)14(15(17)8-10)9-16(4)12(3)13-5-6-13/h10-15,17H,5-9H2,1-4H3. The molecule has 5 atom stereocenters. The molecule has 0 aliphatic heterocycles. The van der Waals surface area contributed by atoms with Gasteiger partial charge in [0.15, 0.2) is 0 Å². The lowest BCUT2D eigenvalue weighted by atomic mass is 9.73. The van der Waals surface area contributed by atoms with Crippen LogP contribution in [-0.2, 0) is 0 Å². The number of aliphatic hydroxyl groups excluding tert-OH is 1. The average molecular weight is 239 g/mol. The molecule has 0 saturated heterocycles. The summed E-state index contributed by atoms with van der Waals surface area (Å²) in [4.78, 5) is 2.48. The molecule has 0 bridgehead atoms. The van der Waals surface area contributed by atoms with Crippen molar-refractivity contribution < 1.29 is 5.11 Å². The van der Waals surface area contributed by atoms with Gasteiger partial charge in [-0.05, 0) is 57.4 Å². The lowest BCUT2D eigenvalue weighted by Gasteiger charge is -2.40. The third kappa shape index (κ3) is 3.23. The Morgan fingerprint density at radius 3 is 2.41 bits per heavy atom. The fraction of sp³-hybridized carbons (Fsp3) is 1.00. The molecule has 0 amide bonds. The molecule has 0 aromatic carbocycles. The van der Waals surface area contributed by atoms with E-state index >= 15 is 0 Å². The molecular formula is C15H29NO. The summed E-state index contributed by atoms with van der Waals surface area (Å²) in [5, 5.41) is 10.3. The van der Waals surface area contributed by atoms with Crippen molar-refractivity contribution in [3.63, 3.8) is 0 Å². The third-order valence-corrected chi connectivity index (χ3v) is 5.14. The zero-order chi connectivity index (χ0) is 12.6. The normalized spacial score (nSPS) is 40.6. The number of hydrogen-bond acceptors (Lipinski definition) is 2. The Morgan fingerprint density at radius 2 is 1.88 bits per heavy atom. The van der Waals surface area contributed by atoms with Gasteiger partial charge in [-0.2, -0.15) is 0 Å². The van der Waals surface area contributed by atoms with E-state index in [9.17, 15) is 5.11 Å². The number of aliphatic hydroxyl groups is 1. The van der Waals surface area contributed by atoms with Gasteiger partial charge >= 0.3 is 0 Å². The molecule has 5 unspecified atom stereocenters. The van der Waals surface area contributed by atoms with Gasteiger partial charge in [0.25, 0.3) is 0 Å². The molecule has 0 aromatic heterocycles. The van der Waals surface area contributed by atoms with Crippen LogP contribution in [0.3, 0.4) is 0 Å². The summed E-state index contributed by atoms with van der Waals surface area (Å²) in [5.41, 5.74) is 0. The molecule has 2 aliphatic rings. The number of hydrogen-bond donors (Lipinski definition) is 1. The van der Waals surface area contributed by atoms with E-state index in [1.807, 2.05) is 0 Å². The second-order valence-corrected chi connectivity index (χ2v) is 6.80. The van der Waals surface area contributed by atoms with Crippen molar-refractivity contribution in [2.45, 2.75) is 58.6 Å². The predicted octanol–water partition coefficient (Wildman–Crippen LogP) is 2.76. The summed E-state index contributed by atoms with van der Waals surface area (Å²) in [7, 11) is 2.24. The van der Waals surface area contributed by atoms with Gasteiger partial charge in [0.05, 0.1) is 6.10 Å². The van der Waals surface area contributed by atoms with E-state index in [4.69, 9.17) is 0 Å². The highest BCUT2D eigenvalue weighted by Crippen LogP contribution is 2.37. The van der Waals surface area contributed by atoms with Gasteiger partial charge in [-0.1, -0.05) is 13.8 Å². The predicted molar refractivity (Wildman–Crippen MR) is 71.9 cm³/mol. The molecular weight excluding hydrogens is 210 g/mol. The summed E-state index contributed by atoms with van der Waals surface area (Å²) in [6.07, 6.45) is 5.02. The molecule has 2 rings (SSSR count). The van der Waals surface area contributed by atoms with Crippen LogP contribution in [0.15, 0.2) is 0 Å². The van der Waals surface area contributed by atoms with E-state index in [2.05, 4.69) is 32.7 Å². The maximum absolute atomic E-state index is 10.3. The van der Waals surface area contributed by atoms with Crippen molar-refractivity contribution in [3.05, 3.63) is 0 Å². The quantitative estimate of drug-likeness (QED) is 0.815. The average Bonchev–Trinajstić information content (AvgIpc) is 3.05. The van der Waals surface area contributed by atoms with Gasteiger partial charge in [0.2, 0.25) is 0 Å². The first-order valence-corrected chi connectivity index (χ1v) is 7.37. The highest BCUT2D eigenvalue weighted by Gasteiger charge is 2.36. The van der Waals surface area contributed by atoms with Crippen LogP contribution in [0.25, 0.3) is 0 Å². The maximum atomic E-state index is 10.3. The number of nitrogens with zero attached hydrogens (tertiary/aromatic N) is 1. The van der Waals surface area contributed by atoms with Crippen LogP contribution >= 0.6 is 0 Å². The molecule has 0 heterocycles. The SMILES string of the molecule is CC1CC(C)C(CN(C)C(C)C2CC2)C(O)C1. The van der Waals surface area contributed by atoms with Gasteiger partial charge in [-0.3, -0.25) is 0 Å². The van der Waals surface area contributed by atoms with E-state index in [0.29, 0.717) is 23.8 Å². The Bertz CT molecular complexity index is 239. The fourth-order valence-corrected chi connectivity index (χ4v) is 3.61. The Kier molecular flexibility index (Phi) is 4.14. The minimum absolute atomic E-state index is 0.0809. The van der Waals surface area contributed by atoms with Crippen molar-refractivity contribution >= 4 is 0 Å². The highest BCUT2D eigenvalue weighted by molar-refractivity contribution is 4.88. The van der Waals surface area contributed by atoms with Crippen molar-refractivity contribution in [1.82, 2.24) is 4.90 Å². The van der Waals surface area contributed by atoms with E-state index in [1.165, 1.54) is 19.3 Å². The molecule has 0 spiro atoms. The van der Waals surface area contributed by atoms with Crippen LogP contribution in [0.4, 0.5) is 0 Å². The Morgan fingerprint density at radius 1 is 1.24 bits per heavy atom. The van der Waals surface area contributed by atoms with Gasteiger partial charge in [-0.15, -0.1) is 0 Å². The molecule has 2 heteroatoms. The molecule has 0 radical (unpaired) electrons. The molecule has 1 N–H and O–H groups in total. The summed E-state index contributed by atoms with van der Waals surface area (Å²) in [6, 6.07) is 0.703. The Hall–Kier alpha value is -0.0800. The molecule has 2 aliphatic carbocycles. The summed E-state index contributed by atoms with van der Waals surface area (Å²) in [6.45, 7) is 8.01. The van der Waals surface area contributed by atoms with Crippen LogP contribution in [0, 0.1) is 23.7 Å². The second-order valence-electron chi connectivity index (χ2n) is 6.80.